The average molecular weight is 350 g/mol. The highest BCUT2D eigenvalue weighted by atomic mass is 16.4. The molecule has 0 aromatic heterocycles. The van der Waals surface area contributed by atoms with Crippen LogP contribution in [-0.4, -0.2) is 39.3 Å². The second-order valence-electron chi connectivity index (χ2n) is 7.45. The number of aliphatic hydroxyl groups is 2. The zero-order valence-corrected chi connectivity index (χ0v) is 15.0. The summed E-state index contributed by atoms with van der Waals surface area (Å²) < 4.78 is 0. The highest BCUT2D eigenvalue weighted by Gasteiger charge is 2.64. The molecule has 0 amide bonds. The maximum Gasteiger partial charge on any atom is 0.303 e. The number of Topliss-reactive ketones (excluding diaryl/α,β-unsaturated/α-hetero) is 1. The lowest BCUT2D eigenvalue weighted by Crippen LogP contribution is -2.31. The lowest BCUT2D eigenvalue weighted by atomic mass is 9.91. The first-order valence-electron chi connectivity index (χ1n) is 9.53. The van der Waals surface area contributed by atoms with E-state index in [1.54, 1.807) is 0 Å². The molecule has 0 spiro atoms. The molecule has 0 radical (unpaired) electrons. The van der Waals surface area contributed by atoms with E-state index in [2.05, 4.69) is 18.8 Å². The number of rotatable bonds is 10. The first-order chi connectivity index (χ1) is 12.0. The van der Waals surface area contributed by atoms with Gasteiger partial charge in [0.05, 0.1) is 12.2 Å². The molecule has 0 aromatic rings. The van der Waals surface area contributed by atoms with Crippen LogP contribution in [0.3, 0.4) is 0 Å². The molecule has 140 valence electrons. The molecule has 2 rings (SSSR count). The largest absolute Gasteiger partial charge is 0.481 e. The Morgan fingerprint density at radius 1 is 1.24 bits per heavy atom. The normalized spacial score (nSPS) is 29.5. The van der Waals surface area contributed by atoms with Crippen molar-refractivity contribution in [3.8, 4) is 11.8 Å². The molecule has 0 aromatic carbocycles. The SMILES string of the molecule is CCCCCC(O)[C@@H](O)C1C2CC(=O)C(CC#CCCCC(=O)O)C21. The number of ketones is 1. The van der Waals surface area contributed by atoms with Crippen molar-refractivity contribution in [3.05, 3.63) is 0 Å². The summed E-state index contributed by atoms with van der Waals surface area (Å²) in [5, 5.41) is 29.2. The summed E-state index contributed by atoms with van der Waals surface area (Å²) >= 11 is 0. The smallest absolute Gasteiger partial charge is 0.303 e. The second kappa shape index (κ2) is 9.35. The van der Waals surface area contributed by atoms with E-state index in [1.807, 2.05) is 0 Å². The van der Waals surface area contributed by atoms with E-state index in [0.29, 0.717) is 32.1 Å². The van der Waals surface area contributed by atoms with Crippen LogP contribution >= 0.6 is 0 Å². The monoisotopic (exact) mass is 350 g/mol. The molecule has 5 heteroatoms. The summed E-state index contributed by atoms with van der Waals surface area (Å²) in [5.41, 5.74) is 0. The maximum absolute atomic E-state index is 12.1. The Hall–Kier alpha value is -1.38. The van der Waals surface area contributed by atoms with Gasteiger partial charge in [-0.1, -0.05) is 26.2 Å². The van der Waals surface area contributed by atoms with Gasteiger partial charge in [-0.2, -0.15) is 0 Å². The van der Waals surface area contributed by atoms with Crippen molar-refractivity contribution in [2.45, 2.75) is 76.9 Å². The highest BCUT2D eigenvalue weighted by Crippen LogP contribution is 2.61. The summed E-state index contributed by atoms with van der Waals surface area (Å²) in [6, 6.07) is 0. The van der Waals surface area contributed by atoms with E-state index in [-0.39, 0.29) is 35.9 Å². The Balaban J connectivity index is 1.77. The molecule has 5 nitrogen and oxygen atoms in total. The predicted octanol–water partition coefficient (Wildman–Crippen LogP) is 2.39. The Bertz CT molecular complexity index is 532. The molecule has 0 aliphatic heterocycles. The van der Waals surface area contributed by atoms with E-state index in [9.17, 15) is 19.8 Å². The standard InChI is InChI=1S/C20H30O5/c1-2-3-6-10-15(21)20(25)19-14-12-16(22)13(18(14)19)9-7-4-5-8-11-17(23)24/h13-15,18-21,25H,2-3,5-6,8-12H2,1H3,(H,23,24)/t13?,14?,15?,18?,19?,20-/m1/s1. The fourth-order valence-electron chi connectivity index (χ4n) is 4.23. The van der Waals surface area contributed by atoms with Crippen LogP contribution in [0, 0.1) is 35.5 Å². The highest BCUT2D eigenvalue weighted by molar-refractivity contribution is 5.86. The predicted molar refractivity (Wildman–Crippen MR) is 93.6 cm³/mol. The maximum atomic E-state index is 12.1. The van der Waals surface area contributed by atoms with Gasteiger partial charge in [-0.25, -0.2) is 0 Å². The fourth-order valence-corrected chi connectivity index (χ4v) is 4.23. The van der Waals surface area contributed by atoms with Gasteiger partial charge < -0.3 is 15.3 Å². The van der Waals surface area contributed by atoms with Crippen molar-refractivity contribution >= 4 is 11.8 Å². The molecule has 5 unspecified atom stereocenters. The number of fused-ring (bicyclic) bond motifs is 1. The van der Waals surface area contributed by atoms with Crippen LogP contribution in [0.2, 0.25) is 0 Å². The Labute approximate surface area is 149 Å². The zero-order valence-electron chi connectivity index (χ0n) is 15.0. The molecule has 0 heterocycles. The van der Waals surface area contributed by atoms with Gasteiger partial charge in [0.1, 0.15) is 5.78 Å². The van der Waals surface area contributed by atoms with Crippen LogP contribution < -0.4 is 0 Å². The summed E-state index contributed by atoms with van der Waals surface area (Å²) in [5.74, 6) is 5.65. The third-order valence-electron chi connectivity index (χ3n) is 5.64. The van der Waals surface area contributed by atoms with E-state index in [1.165, 1.54) is 0 Å². The van der Waals surface area contributed by atoms with Crippen LogP contribution in [0.5, 0.6) is 0 Å². The van der Waals surface area contributed by atoms with Gasteiger partial charge in [-0.3, -0.25) is 9.59 Å². The minimum absolute atomic E-state index is 0.0353. The minimum Gasteiger partial charge on any atom is -0.481 e. The summed E-state index contributed by atoms with van der Waals surface area (Å²) in [4.78, 5) is 22.5. The van der Waals surface area contributed by atoms with Gasteiger partial charge in [0.2, 0.25) is 0 Å². The molecule has 2 fully saturated rings. The summed E-state index contributed by atoms with van der Waals surface area (Å²) in [6.07, 6.45) is 4.41. The van der Waals surface area contributed by atoms with Crippen molar-refractivity contribution in [2.24, 2.45) is 23.7 Å². The average Bonchev–Trinajstić information content (AvgIpc) is 3.16. The Morgan fingerprint density at radius 3 is 2.68 bits per heavy atom. The molecule has 3 N–H and O–H groups in total. The lowest BCUT2D eigenvalue weighted by molar-refractivity contribution is -0.137. The summed E-state index contributed by atoms with van der Waals surface area (Å²) in [6.45, 7) is 2.10. The van der Waals surface area contributed by atoms with Crippen molar-refractivity contribution in [2.75, 3.05) is 0 Å². The molecule has 6 atom stereocenters. The minimum atomic E-state index is -0.817. The van der Waals surface area contributed by atoms with E-state index in [0.717, 1.165) is 19.3 Å². The molecule has 0 bridgehead atoms. The van der Waals surface area contributed by atoms with Gasteiger partial charge in [0, 0.05) is 31.6 Å². The summed E-state index contributed by atoms with van der Waals surface area (Å²) in [7, 11) is 0. The lowest BCUT2D eigenvalue weighted by Gasteiger charge is -2.20. The number of carboxylic acids is 1. The quantitative estimate of drug-likeness (QED) is 0.415. The van der Waals surface area contributed by atoms with Crippen molar-refractivity contribution in [1.29, 1.82) is 0 Å². The Morgan fingerprint density at radius 2 is 2.00 bits per heavy atom. The van der Waals surface area contributed by atoms with Crippen LogP contribution in [0.1, 0.15) is 64.7 Å². The first kappa shape index (κ1) is 19.9. The number of aliphatic hydroxyl groups excluding tert-OH is 2. The number of hydrogen-bond donors (Lipinski definition) is 3. The van der Waals surface area contributed by atoms with Crippen LogP contribution in [0.4, 0.5) is 0 Å². The molecule has 2 aliphatic rings. The molecular weight excluding hydrogens is 320 g/mol. The van der Waals surface area contributed by atoms with E-state index in [4.69, 9.17) is 5.11 Å². The molecular formula is C20H30O5. The van der Waals surface area contributed by atoms with Gasteiger partial charge in [-0.15, -0.1) is 11.8 Å². The zero-order chi connectivity index (χ0) is 18.4. The number of unbranched alkanes of at least 4 members (excludes halogenated alkanes) is 3. The van der Waals surface area contributed by atoms with Gasteiger partial charge in [0.25, 0.3) is 0 Å². The molecule has 25 heavy (non-hydrogen) atoms. The topological polar surface area (TPSA) is 94.8 Å². The van der Waals surface area contributed by atoms with Gasteiger partial charge >= 0.3 is 5.97 Å². The number of aliphatic carboxylic acids is 1. The van der Waals surface area contributed by atoms with Gasteiger partial charge in [-0.05, 0) is 30.6 Å². The van der Waals surface area contributed by atoms with Gasteiger partial charge in [0.15, 0.2) is 0 Å². The van der Waals surface area contributed by atoms with Crippen molar-refractivity contribution in [1.82, 2.24) is 0 Å². The Kier molecular flexibility index (Phi) is 7.46. The molecule has 2 aliphatic carbocycles. The third kappa shape index (κ3) is 5.29. The number of carbonyl (C=O) groups excluding carboxylic acids is 1. The molecule has 2 saturated carbocycles. The fraction of sp³-hybridized carbons (Fsp3) is 0.800. The van der Waals surface area contributed by atoms with Crippen molar-refractivity contribution < 1.29 is 24.9 Å². The number of carbonyl (C=O) groups is 2. The van der Waals surface area contributed by atoms with E-state index >= 15 is 0 Å². The molecule has 0 saturated heterocycles. The first-order valence-corrected chi connectivity index (χ1v) is 9.53. The van der Waals surface area contributed by atoms with Crippen molar-refractivity contribution in [3.63, 3.8) is 0 Å². The number of hydrogen-bond acceptors (Lipinski definition) is 4. The van der Waals surface area contributed by atoms with Crippen LogP contribution in [0.15, 0.2) is 0 Å². The van der Waals surface area contributed by atoms with Crippen LogP contribution in [0.25, 0.3) is 0 Å². The second-order valence-corrected chi connectivity index (χ2v) is 7.45. The van der Waals surface area contributed by atoms with E-state index < -0.39 is 18.2 Å². The van der Waals surface area contributed by atoms with Crippen LogP contribution in [-0.2, 0) is 9.59 Å². The number of carboxylic acid groups (broad SMARTS) is 1. The third-order valence-corrected chi connectivity index (χ3v) is 5.64.